The van der Waals surface area contributed by atoms with Crippen LogP contribution < -0.4 is 5.01 Å². The number of hydrogen-bond donors (Lipinski definition) is 0. The molecule has 0 N–H and O–H groups in total. The summed E-state index contributed by atoms with van der Waals surface area (Å²) in [5.41, 5.74) is 1.96. The van der Waals surface area contributed by atoms with Crippen LogP contribution in [0.1, 0.15) is 40.0 Å². The van der Waals surface area contributed by atoms with E-state index in [9.17, 15) is 14.9 Å². The molecule has 1 heterocycles. The predicted molar refractivity (Wildman–Crippen MR) is 94.7 cm³/mol. The van der Waals surface area contributed by atoms with Crippen LogP contribution in [0.5, 0.6) is 0 Å². The van der Waals surface area contributed by atoms with E-state index in [4.69, 9.17) is 0 Å². The van der Waals surface area contributed by atoms with E-state index in [1.807, 2.05) is 6.92 Å². The van der Waals surface area contributed by atoms with Gasteiger partial charge in [0.25, 0.3) is 11.6 Å². The van der Waals surface area contributed by atoms with Crippen LogP contribution in [0.2, 0.25) is 0 Å². The zero-order valence-corrected chi connectivity index (χ0v) is 14.2. The maximum atomic E-state index is 12.7. The lowest BCUT2D eigenvalue weighted by molar-refractivity contribution is -0.384. The number of nitrogens with zero attached hydrogens (tertiary/aromatic N) is 4. The highest BCUT2D eigenvalue weighted by Crippen LogP contribution is 2.26. The zero-order valence-electron chi connectivity index (χ0n) is 14.2. The van der Waals surface area contributed by atoms with E-state index in [1.165, 1.54) is 29.3 Å². The Labute approximate surface area is 141 Å². The summed E-state index contributed by atoms with van der Waals surface area (Å²) in [5, 5.41) is 16.3. The van der Waals surface area contributed by atoms with Crippen molar-refractivity contribution in [2.75, 3.05) is 11.6 Å². The van der Waals surface area contributed by atoms with Gasteiger partial charge in [-0.2, -0.15) is 10.1 Å². The van der Waals surface area contributed by atoms with E-state index in [1.54, 1.807) is 6.92 Å². The van der Waals surface area contributed by atoms with Crippen molar-refractivity contribution in [1.82, 2.24) is 0 Å². The number of nitro groups is 1. The lowest BCUT2D eigenvalue weighted by atomic mass is 9.99. The van der Waals surface area contributed by atoms with Crippen LogP contribution in [0.4, 0.5) is 11.4 Å². The predicted octanol–water partition coefficient (Wildman–Crippen LogP) is 3.58. The zero-order chi connectivity index (χ0) is 17.7. The molecular formula is C17H22N4O3. The first-order valence-corrected chi connectivity index (χ1v) is 8.10. The van der Waals surface area contributed by atoms with Crippen molar-refractivity contribution in [3.05, 3.63) is 34.4 Å². The number of unbranched alkanes of at least 4 members (excludes halogenated alkanes) is 2. The molecule has 0 aliphatic carbocycles. The third-order valence-electron chi connectivity index (χ3n) is 3.98. The van der Waals surface area contributed by atoms with Crippen LogP contribution in [-0.4, -0.2) is 28.8 Å². The normalized spacial score (nSPS) is 18.0. The molecule has 0 saturated carbocycles. The van der Waals surface area contributed by atoms with Gasteiger partial charge in [0.2, 0.25) is 0 Å². The maximum Gasteiger partial charge on any atom is 0.269 e. The number of carbonyl (C=O) groups is 1. The number of benzene rings is 1. The fraction of sp³-hybridized carbons (Fsp3) is 0.471. The van der Waals surface area contributed by atoms with Crippen LogP contribution >= 0.6 is 0 Å². The summed E-state index contributed by atoms with van der Waals surface area (Å²) in [6.07, 6.45) is 3.26. The molecule has 1 aliphatic rings. The summed E-state index contributed by atoms with van der Waals surface area (Å²) in [4.78, 5) is 27.4. The summed E-state index contributed by atoms with van der Waals surface area (Å²) in [6, 6.07) is 5.80. The Morgan fingerprint density at radius 2 is 2.00 bits per heavy atom. The van der Waals surface area contributed by atoms with Crippen molar-refractivity contribution in [3.63, 3.8) is 0 Å². The molecule has 2 rings (SSSR count). The lowest BCUT2D eigenvalue weighted by Gasteiger charge is -2.14. The van der Waals surface area contributed by atoms with Crippen molar-refractivity contribution in [1.29, 1.82) is 0 Å². The van der Waals surface area contributed by atoms with Gasteiger partial charge in [-0.15, -0.1) is 0 Å². The monoisotopic (exact) mass is 330 g/mol. The molecule has 1 aliphatic heterocycles. The minimum absolute atomic E-state index is 0.0173. The van der Waals surface area contributed by atoms with Gasteiger partial charge in [0.15, 0.2) is 0 Å². The molecule has 0 spiro atoms. The second-order valence-corrected chi connectivity index (χ2v) is 5.83. The average Bonchev–Trinajstić information content (AvgIpc) is 2.86. The third-order valence-corrected chi connectivity index (χ3v) is 3.98. The Morgan fingerprint density at radius 1 is 1.33 bits per heavy atom. The van der Waals surface area contributed by atoms with Crippen LogP contribution in [0.25, 0.3) is 0 Å². The number of carbonyl (C=O) groups excluding carboxylic acids is 1. The SMILES string of the molecule is CCCCCN=C(C)C1C(=O)N(c2ccc([N+](=O)[O-])cc2)N=C1C. The fourth-order valence-electron chi connectivity index (χ4n) is 2.66. The Balaban J connectivity index is 2.13. The van der Waals surface area contributed by atoms with Gasteiger partial charge in [0.1, 0.15) is 5.92 Å². The van der Waals surface area contributed by atoms with E-state index < -0.39 is 10.8 Å². The number of aliphatic imine (C=N–C) groups is 1. The molecule has 0 radical (unpaired) electrons. The largest absolute Gasteiger partial charge is 0.293 e. The van der Waals surface area contributed by atoms with E-state index in [0.29, 0.717) is 17.9 Å². The molecule has 7 nitrogen and oxygen atoms in total. The number of anilines is 1. The molecule has 128 valence electrons. The maximum absolute atomic E-state index is 12.7. The summed E-state index contributed by atoms with van der Waals surface area (Å²) >= 11 is 0. The van der Waals surface area contributed by atoms with Gasteiger partial charge in [-0.3, -0.25) is 19.9 Å². The van der Waals surface area contributed by atoms with Crippen LogP contribution in [-0.2, 0) is 4.79 Å². The number of hydrazone groups is 1. The first-order chi connectivity index (χ1) is 11.5. The van der Waals surface area contributed by atoms with E-state index >= 15 is 0 Å². The van der Waals surface area contributed by atoms with E-state index in [0.717, 1.165) is 25.0 Å². The number of nitro benzene ring substituents is 1. The molecule has 0 saturated heterocycles. The van der Waals surface area contributed by atoms with Gasteiger partial charge in [0, 0.05) is 24.4 Å². The molecule has 1 aromatic carbocycles. The molecule has 24 heavy (non-hydrogen) atoms. The van der Waals surface area contributed by atoms with Crippen LogP contribution in [0.3, 0.4) is 0 Å². The molecule has 0 fully saturated rings. The van der Waals surface area contributed by atoms with Crippen LogP contribution in [0, 0.1) is 16.0 Å². The highest BCUT2D eigenvalue weighted by atomic mass is 16.6. The molecular weight excluding hydrogens is 308 g/mol. The highest BCUT2D eigenvalue weighted by Gasteiger charge is 2.36. The number of non-ortho nitro benzene ring substituents is 1. The average molecular weight is 330 g/mol. The van der Waals surface area contributed by atoms with Gasteiger partial charge < -0.3 is 0 Å². The van der Waals surface area contributed by atoms with Crippen molar-refractivity contribution >= 4 is 28.7 Å². The first kappa shape index (κ1) is 17.8. The van der Waals surface area contributed by atoms with Gasteiger partial charge >= 0.3 is 0 Å². The molecule has 0 aromatic heterocycles. The van der Waals surface area contributed by atoms with E-state index in [-0.39, 0.29) is 11.6 Å². The fourth-order valence-corrected chi connectivity index (χ4v) is 2.66. The number of amides is 1. The van der Waals surface area contributed by atoms with E-state index in [2.05, 4.69) is 17.0 Å². The highest BCUT2D eigenvalue weighted by molar-refractivity contribution is 6.27. The Hall–Kier alpha value is -2.57. The van der Waals surface area contributed by atoms with Crippen molar-refractivity contribution in [2.45, 2.75) is 40.0 Å². The quantitative estimate of drug-likeness (QED) is 0.331. The summed E-state index contributed by atoms with van der Waals surface area (Å²) in [5.74, 6) is -0.611. The third kappa shape index (κ3) is 3.84. The van der Waals surface area contributed by atoms with Gasteiger partial charge in [0.05, 0.1) is 16.3 Å². The second-order valence-electron chi connectivity index (χ2n) is 5.83. The summed E-state index contributed by atoms with van der Waals surface area (Å²) in [6.45, 7) is 6.51. The standard InChI is InChI=1S/C17H22N4O3/c1-4-5-6-11-18-12(2)16-13(3)19-20(17(16)22)14-7-9-15(10-8-14)21(23)24/h7-10,16H,4-6,11H2,1-3H3. The summed E-state index contributed by atoms with van der Waals surface area (Å²) in [7, 11) is 0. The van der Waals surface area contributed by atoms with Crippen molar-refractivity contribution in [2.24, 2.45) is 16.0 Å². The molecule has 1 aromatic rings. The second kappa shape index (κ2) is 7.81. The Bertz CT molecular complexity index is 680. The Kier molecular flexibility index (Phi) is 5.78. The van der Waals surface area contributed by atoms with Crippen molar-refractivity contribution < 1.29 is 9.72 Å². The van der Waals surface area contributed by atoms with Gasteiger partial charge in [-0.1, -0.05) is 19.8 Å². The number of hydrogen-bond acceptors (Lipinski definition) is 5. The molecule has 0 bridgehead atoms. The van der Waals surface area contributed by atoms with Crippen molar-refractivity contribution in [3.8, 4) is 0 Å². The first-order valence-electron chi connectivity index (χ1n) is 8.10. The molecule has 1 atom stereocenters. The van der Waals surface area contributed by atoms with Crippen LogP contribution in [0.15, 0.2) is 34.4 Å². The Morgan fingerprint density at radius 3 is 2.58 bits per heavy atom. The smallest absolute Gasteiger partial charge is 0.269 e. The van der Waals surface area contributed by atoms with Gasteiger partial charge in [-0.05, 0) is 32.4 Å². The topological polar surface area (TPSA) is 88.2 Å². The molecule has 7 heteroatoms. The van der Waals surface area contributed by atoms with Gasteiger partial charge in [-0.25, -0.2) is 0 Å². The minimum Gasteiger partial charge on any atom is -0.293 e. The molecule has 1 amide bonds. The minimum atomic E-state index is -0.472. The lowest BCUT2D eigenvalue weighted by Crippen LogP contribution is -2.31. The number of rotatable bonds is 7. The summed E-state index contributed by atoms with van der Waals surface area (Å²) < 4.78 is 0. The molecule has 1 unspecified atom stereocenters.